The molecule has 0 saturated carbocycles. The van der Waals surface area contributed by atoms with Crippen molar-refractivity contribution in [3.63, 3.8) is 0 Å². The second-order valence-electron chi connectivity index (χ2n) is 3.31. The van der Waals surface area contributed by atoms with Crippen LogP contribution in [-0.2, 0) is 14.8 Å². The van der Waals surface area contributed by atoms with E-state index < -0.39 is 21.7 Å². The molecule has 0 aliphatic carbocycles. The fraction of sp³-hybridized carbons (Fsp3) is 0.857. The van der Waals surface area contributed by atoms with Crippen LogP contribution in [0.25, 0.3) is 0 Å². The van der Waals surface area contributed by atoms with E-state index in [4.69, 9.17) is 5.11 Å². The lowest BCUT2D eigenvalue weighted by molar-refractivity contribution is -0.134. The van der Waals surface area contributed by atoms with Crippen LogP contribution in [0.15, 0.2) is 0 Å². The highest BCUT2D eigenvalue weighted by molar-refractivity contribution is 7.89. The van der Waals surface area contributed by atoms with E-state index in [2.05, 4.69) is 5.32 Å². The Morgan fingerprint density at radius 3 is 2.79 bits per heavy atom. The van der Waals surface area contributed by atoms with E-state index in [1.807, 2.05) is 0 Å². The highest BCUT2D eigenvalue weighted by atomic mass is 32.2. The molecule has 1 fully saturated rings. The zero-order chi connectivity index (χ0) is 10.8. The van der Waals surface area contributed by atoms with E-state index in [1.165, 1.54) is 4.31 Å². The number of nitrogens with zero attached hydrogens (tertiary/aromatic N) is 1. The summed E-state index contributed by atoms with van der Waals surface area (Å²) in [5.74, 6) is -2.13. The second kappa shape index (κ2) is 4.24. The van der Waals surface area contributed by atoms with Gasteiger partial charge in [0.25, 0.3) is 0 Å². The smallest absolute Gasteiger partial charge is 0.320 e. The number of carbonyl (C=O) groups is 1. The third kappa shape index (κ3) is 2.66. The van der Waals surface area contributed by atoms with Crippen LogP contribution in [0.3, 0.4) is 0 Å². The molecule has 0 amide bonds. The standard InChI is InChI=1S/C7H14N2O4S/c1-6-4-8-2-3-9(6)14(12,13)5-7(10)11/h6,8H,2-5H2,1H3,(H,10,11)/t6-/m1/s1. The lowest BCUT2D eigenvalue weighted by Gasteiger charge is -2.32. The van der Waals surface area contributed by atoms with Crippen LogP contribution in [0.1, 0.15) is 6.92 Å². The maximum absolute atomic E-state index is 11.5. The molecular formula is C7H14N2O4S. The highest BCUT2D eigenvalue weighted by Crippen LogP contribution is 2.09. The Morgan fingerprint density at radius 1 is 1.64 bits per heavy atom. The summed E-state index contributed by atoms with van der Waals surface area (Å²) in [4.78, 5) is 10.3. The molecule has 0 bridgehead atoms. The van der Waals surface area contributed by atoms with Gasteiger partial charge in [0.05, 0.1) is 0 Å². The quantitative estimate of drug-likeness (QED) is 0.619. The SMILES string of the molecule is C[C@@H]1CNCCN1S(=O)(=O)CC(=O)O. The van der Waals surface area contributed by atoms with Crippen LogP contribution in [0, 0.1) is 0 Å². The molecule has 6 nitrogen and oxygen atoms in total. The van der Waals surface area contributed by atoms with Gasteiger partial charge in [-0.05, 0) is 6.92 Å². The van der Waals surface area contributed by atoms with E-state index in [0.29, 0.717) is 19.6 Å². The Balaban J connectivity index is 2.75. The van der Waals surface area contributed by atoms with Crippen molar-refractivity contribution in [1.82, 2.24) is 9.62 Å². The predicted molar refractivity (Wildman–Crippen MR) is 50.5 cm³/mol. The van der Waals surface area contributed by atoms with Crippen molar-refractivity contribution in [1.29, 1.82) is 0 Å². The first kappa shape index (κ1) is 11.4. The van der Waals surface area contributed by atoms with Crippen LogP contribution in [0.5, 0.6) is 0 Å². The summed E-state index contributed by atoms with van der Waals surface area (Å²) in [6.07, 6.45) is 0. The number of nitrogens with one attached hydrogen (secondary N) is 1. The van der Waals surface area contributed by atoms with Crippen molar-refractivity contribution in [3.8, 4) is 0 Å². The third-order valence-electron chi connectivity index (χ3n) is 2.10. The lowest BCUT2D eigenvalue weighted by Crippen LogP contribution is -2.53. The van der Waals surface area contributed by atoms with Crippen molar-refractivity contribution >= 4 is 16.0 Å². The Kier molecular flexibility index (Phi) is 3.46. The molecule has 0 spiro atoms. The highest BCUT2D eigenvalue weighted by Gasteiger charge is 2.30. The van der Waals surface area contributed by atoms with Gasteiger partial charge >= 0.3 is 5.97 Å². The molecule has 0 radical (unpaired) electrons. The molecule has 2 N–H and O–H groups in total. The normalized spacial score (nSPS) is 24.8. The molecule has 1 rings (SSSR count). The molecule has 82 valence electrons. The number of carboxylic acids is 1. The molecule has 1 heterocycles. The Hall–Kier alpha value is -0.660. The zero-order valence-electron chi connectivity index (χ0n) is 7.93. The van der Waals surface area contributed by atoms with Crippen molar-refractivity contribution in [2.45, 2.75) is 13.0 Å². The van der Waals surface area contributed by atoms with E-state index in [9.17, 15) is 13.2 Å². The number of hydrogen-bond acceptors (Lipinski definition) is 4. The molecule has 1 aliphatic rings. The maximum atomic E-state index is 11.5. The minimum Gasteiger partial charge on any atom is -0.480 e. The van der Waals surface area contributed by atoms with E-state index in [0.717, 1.165) is 0 Å². The van der Waals surface area contributed by atoms with Crippen molar-refractivity contribution in [3.05, 3.63) is 0 Å². The number of hydrogen-bond donors (Lipinski definition) is 2. The first-order chi connectivity index (χ1) is 6.43. The number of sulfonamides is 1. The van der Waals surface area contributed by atoms with Crippen molar-refractivity contribution < 1.29 is 18.3 Å². The molecule has 1 aliphatic heterocycles. The summed E-state index contributed by atoms with van der Waals surface area (Å²) in [6, 6.07) is -0.173. The Bertz CT molecular complexity index is 314. The summed E-state index contributed by atoms with van der Waals surface area (Å²) >= 11 is 0. The van der Waals surface area contributed by atoms with Gasteiger partial charge < -0.3 is 10.4 Å². The Labute approximate surface area is 82.9 Å². The van der Waals surface area contributed by atoms with Crippen molar-refractivity contribution in [2.75, 3.05) is 25.4 Å². The fourth-order valence-corrected chi connectivity index (χ4v) is 2.94. The van der Waals surface area contributed by atoms with E-state index in [-0.39, 0.29) is 6.04 Å². The fourth-order valence-electron chi connectivity index (χ4n) is 1.47. The average Bonchev–Trinajstić information content (AvgIpc) is 2.02. The van der Waals surface area contributed by atoms with E-state index in [1.54, 1.807) is 6.92 Å². The molecule has 0 aromatic rings. The number of rotatable bonds is 3. The Morgan fingerprint density at radius 2 is 2.29 bits per heavy atom. The topological polar surface area (TPSA) is 86.7 Å². The monoisotopic (exact) mass is 222 g/mol. The largest absolute Gasteiger partial charge is 0.480 e. The molecular weight excluding hydrogens is 208 g/mol. The minimum absolute atomic E-state index is 0.173. The summed E-state index contributed by atoms with van der Waals surface area (Å²) in [7, 11) is -3.64. The summed E-state index contributed by atoms with van der Waals surface area (Å²) in [5.41, 5.74) is 0. The molecule has 1 atom stereocenters. The van der Waals surface area contributed by atoms with Crippen LogP contribution in [-0.4, -0.2) is 55.2 Å². The molecule has 1 saturated heterocycles. The van der Waals surface area contributed by atoms with E-state index >= 15 is 0 Å². The molecule has 0 aromatic heterocycles. The van der Waals surface area contributed by atoms with Crippen LogP contribution in [0.4, 0.5) is 0 Å². The molecule has 14 heavy (non-hydrogen) atoms. The third-order valence-corrected chi connectivity index (χ3v) is 3.97. The number of piperazine rings is 1. The van der Waals surface area contributed by atoms with Gasteiger partial charge in [-0.2, -0.15) is 4.31 Å². The first-order valence-corrected chi connectivity index (χ1v) is 5.96. The second-order valence-corrected chi connectivity index (χ2v) is 5.24. The predicted octanol–water partition coefficient (Wildman–Crippen LogP) is -1.31. The van der Waals surface area contributed by atoms with Gasteiger partial charge in [-0.25, -0.2) is 8.42 Å². The van der Waals surface area contributed by atoms with Gasteiger partial charge in [-0.15, -0.1) is 0 Å². The van der Waals surface area contributed by atoms with Gasteiger partial charge in [0.15, 0.2) is 5.75 Å². The van der Waals surface area contributed by atoms with Gasteiger partial charge in [-0.1, -0.05) is 0 Å². The van der Waals surface area contributed by atoms with Gasteiger partial charge in [-0.3, -0.25) is 4.79 Å². The van der Waals surface area contributed by atoms with Gasteiger partial charge in [0, 0.05) is 25.7 Å². The minimum atomic E-state index is -3.64. The number of aliphatic carboxylic acids is 1. The summed E-state index contributed by atoms with van der Waals surface area (Å²) < 4.78 is 24.3. The first-order valence-electron chi connectivity index (χ1n) is 4.35. The summed E-state index contributed by atoms with van der Waals surface area (Å²) in [5, 5.41) is 11.5. The molecule has 7 heteroatoms. The molecule has 0 unspecified atom stereocenters. The molecule has 0 aromatic carbocycles. The maximum Gasteiger partial charge on any atom is 0.320 e. The van der Waals surface area contributed by atoms with Crippen LogP contribution < -0.4 is 5.32 Å². The van der Waals surface area contributed by atoms with Gasteiger partial charge in [0.2, 0.25) is 10.0 Å². The van der Waals surface area contributed by atoms with Gasteiger partial charge in [0.1, 0.15) is 0 Å². The summed E-state index contributed by atoms with van der Waals surface area (Å²) in [6.45, 7) is 3.24. The number of carboxylic acid groups (broad SMARTS) is 1. The van der Waals surface area contributed by atoms with Crippen LogP contribution >= 0.6 is 0 Å². The zero-order valence-corrected chi connectivity index (χ0v) is 8.75. The lowest BCUT2D eigenvalue weighted by atomic mass is 10.3. The van der Waals surface area contributed by atoms with Crippen molar-refractivity contribution in [2.24, 2.45) is 0 Å². The average molecular weight is 222 g/mol. The van der Waals surface area contributed by atoms with Crippen LogP contribution in [0.2, 0.25) is 0 Å².